The Morgan fingerprint density at radius 1 is 1.12 bits per heavy atom. The fraction of sp³-hybridized carbons (Fsp3) is 0.143. The zero-order valence-electron chi connectivity index (χ0n) is 14.4. The van der Waals surface area contributed by atoms with Gasteiger partial charge in [-0.1, -0.05) is 48.5 Å². The van der Waals surface area contributed by atoms with Gasteiger partial charge in [0.1, 0.15) is 16.3 Å². The predicted molar refractivity (Wildman–Crippen MR) is 104 cm³/mol. The highest BCUT2D eigenvalue weighted by molar-refractivity contribution is 7.10. The van der Waals surface area contributed by atoms with E-state index in [1.165, 1.54) is 11.3 Å². The molecule has 2 heterocycles. The summed E-state index contributed by atoms with van der Waals surface area (Å²) in [5.41, 5.74) is 3.80. The van der Waals surface area contributed by atoms with Crippen molar-refractivity contribution in [3.05, 3.63) is 76.1 Å². The van der Waals surface area contributed by atoms with Crippen molar-refractivity contribution >= 4 is 28.2 Å². The molecule has 0 unspecified atom stereocenters. The molecule has 0 saturated heterocycles. The van der Waals surface area contributed by atoms with Crippen LogP contribution in [0.1, 0.15) is 16.1 Å². The number of thiazole rings is 1. The molecule has 2 aromatic carbocycles. The van der Waals surface area contributed by atoms with Crippen LogP contribution >= 0.6 is 11.3 Å². The largest absolute Gasteiger partial charge is 0.454 e. The topological polar surface area (TPSA) is 55.1 Å². The first-order chi connectivity index (χ1) is 12.7. The van der Waals surface area contributed by atoms with E-state index in [2.05, 4.69) is 10.3 Å². The van der Waals surface area contributed by atoms with Crippen LogP contribution in [0.2, 0.25) is 0 Å². The summed E-state index contributed by atoms with van der Waals surface area (Å²) >= 11 is 1.48. The number of furan rings is 1. The monoisotopic (exact) mass is 362 g/mol. The average molecular weight is 362 g/mol. The Morgan fingerprint density at radius 2 is 1.88 bits per heavy atom. The van der Waals surface area contributed by atoms with Crippen LogP contribution in [0.15, 0.2) is 64.4 Å². The van der Waals surface area contributed by atoms with Gasteiger partial charge >= 0.3 is 0 Å². The smallest absolute Gasteiger partial charge is 0.227 e. The molecule has 4 nitrogen and oxygen atoms in total. The van der Waals surface area contributed by atoms with Gasteiger partial charge in [0.05, 0.1) is 6.42 Å². The molecule has 0 bridgehead atoms. The lowest BCUT2D eigenvalue weighted by molar-refractivity contribution is -0.120. The third-order valence-corrected chi connectivity index (χ3v) is 5.12. The number of carbonyl (C=O) groups excluding carboxylic acids is 1. The Hall–Kier alpha value is -2.92. The van der Waals surface area contributed by atoms with Gasteiger partial charge in [0.15, 0.2) is 5.76 Å². The standard InChI is InChI=1S/C21H18N2O2S/c1-14-16-9-5-6-10-18(16)25-21(14)17-13-26-20(23-17)11-19(24)22-12-15-7-3-2-4-8-15/h2-10,13H,11-12H2,1H3,(H,22,24). The first kappa shape index (κ1) is 16.5. The van der Waals surface area contributed by atoms with E-state index in [0.29, 0.717) is 6.54 Å². The Bertz CT molecular complexity index is 1050. The normalized spacial score (nSPS) is 11.0. The van der Waals surface area contributed by atoms with Crippen molar-refractivity contribution in [3.8, 4) is 11.5 Å². The number of aromatic nitrogens is 1. The van der Waals surface area contributed by atoms with Gasteiger partial charge in [0, 0.05) is 22.9 Å². The number of carbonyl (C=O) groups is 1. The molecule has 1 N–H and O–H groups in total. The van der Waals surface area contributed by atoms with Gasteiger partial charge < -0.3 is 9.73 Å². The molecule has 0 atom stereocenters. The number of hydrogen-bond acceptors (Lipinski definition) is 4. The first-order valence-electron chi connectivity index (χ1n) is 8.44. The Balaban J connectivity index is 1.45. The molecule has 4 rings (SSSR count). The van der Waals surface area contributed by atoms with Crippen LogP contribution in [0.5, 0.6) is 0 Å². The summed E-state index contributed by atoms with van der Waals surface area (Å²) in [5.74, 6) is 0.745. The maximum atomic E-state index is 12.2. The van der Waals surface area contributed by atoms with E-state index < -0.39 is 0 Å². The minimum absolute atomic E-state index is 0.0314. The number of aryl methyl sites for hydroxylation is 1. The van der Waals surface area contributed by atoms with Gasteiger partial charge in [-0.05, 0) is 18.6 Å². The van der Waals surface area contributed by atoms with Crippen LogP contribution in [0, 0.1) is 6.92 Å². The molecule has 26 heavy (non-hydrogen) atoms. The minimum Gasteiger partial charge on any atom is -0.454 e. The Morgan fingerprint density at radius 3 is 2.69 bits per heavy atom. The third-order valence-electron chi connectivity index (χ3n) is 4.27. The first-order valence-corrected chi connectivity index (χ1v) is 9.32. The van der Waals surface area contributed by atoms with Gasteiger partial charge in [0.25, 0.3) is 0 Å². The highest BCUT2D eigenvalue weighted by Crippen LogP contribution is 2.33. The van der Waals surface area contributed by atoms with E-state index in [9.17, 15) is 4.79 Å². The van der Waals surface area contributed by atoms with E-state index in [4.69, 9.17) is 4.42 Å². The molecule has 1 amide bonds. The maximum Gasteiger partial charge on any atom is 0.227 e. The fourth-order valence-corrected chi connectivity index (χ4v) is 3.68. The summed E-state index contributed by atoms with van der Waals surface area (Å²) in [6, 6.07) is 17.8. The summed E-state index contributed by atoms with van der Waals surface area (Å²) in [4.78, 5) is 16.8. The van der Waals surface area contributed by atoms with Crippen molar-refractivity contribution in [2.75, 3.05) is 0 Å². The van der Waals surface area contributed by atoms with E-state index in [0.717, 1.165) is 38.6 Å². The molecular weight excluding hydrogens is 344 g/mol. The zero-order chi connectivity index (χ0) is 17.9. The van der Waals surface area contributed by atoms with Gasteiger partial charge in [-0.25, -0.2) is 4.98 Å². The molecule has 2 aromatic heterocycles. The SMILES string of the molecule is Cc1c(-c2csc(CC(=O)NCc3ccccc3)n2)oc2ccccc12. The van der Waals surface area contributed by atoms with Gasteiger partial charge in [-0.2, -0.15) is 0 Å². The lowest BCUT2D eigenvalue weighted by atomic mass is 10.1. The summed E-state index contributed by atoms with van der Waals surface area (Å²) in [6.45, 7) is 2.56. The van der Waals surface area contributed by atoms with Crippen molar-refractivity contribution in [3.63, 3.8) is 0 Å². The fourth-order valence-electron chi connectivity index (χ4n) is 2.91. The molecule has 0 radical (unpaired) electrons. The van der Waals surface area contributed by atoms with Gasteiger partial charge in [-0.3, -0.25) is 4.79 Å². The molecule has 0 fully saturated rings. The number of amides is 1. The van der Waals surface area contributed by atoms with Crippen molar-refractivity contribution < 1.29 is 9.21 Å². The molecule has 0 aliphatic heterocycles. The Kier molecular flexibility index (Phi) is 4.54. The second-order valence-electron chi connectivity index (χ2n) is 6.12. The van der Waals surface area contributed by atoms with Crippen LogP contribution in [0.3, 0.4) is 0 Å². The van der Waals surface area contributed by atoms with Crippen LogP contribution in [-0.4, -0.2) is 10.9 Å². The molecule has 0 aliphatic carbocycles. The predicted octanol–water partition coefficient (Wildman–Crippen LogP) is 4.72. The number of fused-ring (bicyclic) bond motifs is 1. The molecule has 0 saturated carbocycles. The van der Waals surface area contributed by atoms with Crippen LogP contribution in [0.25, 0.3) is 22.4 Å². The number of rotatable bonds is 5. The van der Waals surface area contributed by atoms with Crippen LogP contribution in [0.4, 0.5) is 0 Å². The van der Waals surface area contributed by atoms with E-state index in [1.807, 2.05) is 66.9 Å². The zero-order valence-corrected chi connectivity index (χ0v) is 15.2. The lowest BCUT2D eigenvalue weighted by Crippen LogP contribution is -2.24. The highest BCUT2D eigenvalue weighted by Gasteiger charge is 2.16. The summed E-state index contributed by atoms with van der Waals surface area (Å²) in [6.07, 6.45) is 0.275. The van der Waals surface area contributed by atoms with E-state index >= 15 is 0 Å². The van der Waals surface area contributed by atoms with Crippen LogP contribution < -0.4 is 5.32 Å². The van der Waals surface area contributed by atoms with E-state index in [1.54, 1.807) is 0 Å². The van der Waals surface area contributed by atoms with Crippen molar-refractivity contribution in [2.24, 2.45) is 0 Å². The van der Waals surface area contributed by atoms with Crippen molar-refractivity contribution in [1.82, 2.24) is 10.3 Å². The summed E-state index contributed by atoms with van der Waals surface area (Å²) in [5, 5.41) is 6.76. The minimum atomic E-state index is -0.0314. The number of hydrogen-bond donors (Lipinski definition) is 1. The second-order valence-corrected chi connectivity index (χ2v) is 7.06. The van der Waals surface area contributed by atoms with Gasteiger partial charge in [-0.15, -0.1) is 11.3 Å². The number of nitrogens with one attached hydrogen (secondary N) is 1. The molecule has 5 heteroatoms. The second kappa shape index (κ2) is 7.14. The summed E-state index contributed by atoms with van der Waals surface area (Å²) < 4.78 is 5.95. The molecule has 0 spiro atoms. The number of para-hydroxylation sites is 1. The Labute approximate surface area is 155 Å². The third kappa shape index (κ3) is 3.39. The molecular formula is C21H18N2O2S. The van der Waals surface area contributed by atoms with Crippen molar-refractivity contribution in [1.29, 1.82) is 0 Å². The van der Waals surface area contributed by atoms with Crippen molar-refractivity contribution in [2.45, 2.75) is 19.9 Å². The molecule has 0 aliphatic rings. The quantitative estimate of drug-likeness (QED) is 0.559. The van der Waals surface area contributed by atoms with E-state index in [-0.39, 0.29) is 12.3 Å². The highest BCUT2D eigenvalue weighted by atomic mass is 32.1. The average Bonchev–Trinajstić information content (AvgIpc) is 3.26. The maximum absolute atomic E-state index is 12.2. The van der Waals surface area contributed by atoms with Gasteiger partial charge in [0.2, 0.25) is 5.91 Å². The molecule has 4 aromatic rings. The number of benzene rings is 2. The number of nitrogens with zero attached hydrogens (tertiary/aromatic N) is 1. The summed E-state index contributed by atoms with van der Waals surface area (Å²) in [7, 11) is 0. The lowest BCUT2D eigenvalue weighted by Gasteiger charge is -2.03. The molecule has 130 valence electrons. The van der Waals surface area contributed by atoms with Crippen LogP contribution in [-0.2, 0) is 17.8 Å².